The van der Waals surface area contributed by atoms with Crippen LogP contribution in [0.15, 0.2) is 23.0 Å². The maximum Gasteiger partial charge on any atom is 0.343 e. The lowest BCUT2D eigenvalue weighted by molar-refractivity contribution is -0.172. The second-order valence-electron chi connectivity index (χ2n) is 11.3. The van der Waals surface area contributed by atoms with Gasteiger partial charge in [0.05, 0.1) is 47.1 Å². The molecule has 9 nitrogen and oxygen atoms in total. The number of aromatic nitrogens is 2. The van der Waals surface area contributed by atoms with Gasteiger partial charge in [-0.1, -0.05) is 19.8 Å². The summed E-state index contributed by atoms with van der Waals surface area (Å²) in [5.41, 5.74) is 1.07. The summed E-state index contributed by atoms with van der Waals surface area (Å²) in [6, 6.07) is 4.11. The van der Waals surface area contributed by atoms with E-state index in [1.807, 2.05) is 6.92 Å². The number of hydrogen-bond acceptors (Lipinski definition) is 7. The van der Waals surface area contributed by atoms with Crippen molar-refractivity contribution in [3.05, 3.63) is 62.2 Å². The Labute approximate surface area is 230 Å². The number of aliphatic hydroxyl groups is 2. The molecule has 0 spiro atoms. The number of pyridine rings is 2. The first-order chi connectivity index (χ1) is 19.0. The van der Waals surface area contributed by atoms with Crippen LogP contribution in [0, 0.1) is 18.7 Å². The molecule has 0 bridgehead atoms. The minimum absolute atomic E-state index is 0.0194. The minimum atomic E-state index is -1.96. The van der Waals surface area contributed by atoms with Gasteiger partial charge in [0.15, 0.2) is 5.60 Å². The van der Waals surface area contributed by atoms with Gasteiger partial charge in [-0.3, -0.25) is 9.59 Å². The Morgan fingerprint density at radius 1 is 1.25 bits per heavy atom. The number of esters is 1. The fourth-order valence-corrected chi connectivity index (χ4v) is 6.54. The molecular formula is C30H32FN3O6. The molecule has 3 aromatic rings. The summed E-state index contributed by atoms with van der Waals surface area (Å²) in [7, 11) is 0. The second-order valence-corrected chi connectivity index (χ2v) is 11.3. The average Bonchev–Trinajstić information content (AvgIpc) is 3.29. The molecule has 4 atom stereocenters. The number of nitrogens with zero attached hydrogens (tertiary/aromatic N) is 2. The van der Waals surface area contributed by atoms with Gasteiger partial charge in [-0.2, -0.15) is 0 Å². The van der Waals surface area contributed by atoms with Crippen LogP contribution in [0.25, 0.3) is 22.3 Å². The van der Waals surface area contributed by atoms with Crippen LogP contribution in [-0.2, 0) is 33.1 Å². The highest BCUT2D eigenvalue weighted by Crippen LogP contribution is 2.42. The lowest BCUT2D eigenvalue weighted by Gasteiger charge is -2.31. The summed E-state index contributed by atoms with van der Waals surface area (Å²) >= 11 is 0. The van der Waals surface area contributed by atoms with Crippen LogP contribution >= 0.6 is 0 Å². The molecule has 1 amide bonds. The molecule has 2 unspecified atom stereocenters. The first-order valence-electron chi connectivity index (χ1n) is 13.8. The van der Waals surface area contributed by atoms with Crippen LogP contribution in [0.5, 0.6) is 0 Å². The van der Waals surface area contributed by atoms with Gasteiger partial charge < -0.3 is 24.8 Å². The van der Waals surface area contributed by atoms with E-state index in [1.54, 1.807) is 26.0 Å². The number of aliphatic hydroxyl groups excluding tert-OH is 1. The first-order valence-corrected chi connectivity index (χ1v) is 13.8. The fraction of sp³-hybridized carbons (Fsp3) is 0.467. The molecule has 1 aliphatic carbocycles. The molecule has 6 rings (SSSR count). The second kappa shape index (κ2) is 9.49. The van der Waals surface area contributed by atoms with Crippen molar-refractivity contribution in [1.29, 1.82) is 0 Å². The maximum atomic E-state index is 14.7. The zero-order chi connectivity index (χ0) is 28.5. The minimum Gasteiger partial charge on any atom is -0.458 e. The molecule has 3 aliphatic rings. The Balaban J connectivity index is 1.53. The molecule has 0 radical (unpaired) electrons. The summed E-state index contributed by atoms with van der Waals surface area (Å²) in [5, 5.41) is 25.3. The van der Waals surface area contributed by atoms with E-state index in [0.717, 1.165) is 12.8 Å². The lowest BCUT2D eigenvalue weighted by Crippen LogP contribution is -2.44. The van der Waals surface area contributed by atoms with E-state index >= 15 is 0 Å². The van der Waals surface area contributed by atoms with Gasteiger partial charge in [-0.15, -0.1) is 0 Å². The molecule has 3 N–H and O–H groups in total. The number of cyclic esters (lactones) is 1. The number of nitrogens with one attached hydrogen (secondary N) is 1. The topological polar surface area (TPSA) is 131 Å². The zero-order valence-electron chi connectivity index (χ0n) is 22.7. The van der Waals surface area contributed by atoms with Crippen LogP contribution in [0.3, 0.4) is 0 Å². The molecule has 1 fully saturated rings. The van der Waals surface area contributed by atoms with Gasteiger partial charge in [0, 0.05) is 22.6 Å². The Morgan fingerprint density at radius 2 is 2.00 bits per heavy atom. The third-order valence-electron chi connectivity index (χ3n) is 8.87. The Hall–Kier alpha value is -3.63. The number of halogens is 1. The maximum absolute atomic E-state index is 14.7. The molecule has 40 heavy (non-hydrogen) atoms. The van der Waals surface area contributed by atoms with Gasteiger partial charge in [-0.25, -0.2) is 14.2 Å². The standard InChI is InChI=1S/C30H32FN3O6/c1-4-30(39)20-10-23-26-18(12-34(23)28(37)19(20)13-40-29(30)38)25(17-9-14(2)21(31)11-22(17)33-26)15(3)32-27(36)16-7-5-6-8-24(16)35/h9-11,15-16,24,35,39H,4-8,12-13H2,1-3H3,(H,32,36)/t15-,16?,24?,30-/m0/s1. The van der Waals surface area contributed by atoms with Crippen LogP contribution in [-0.4, -0.2) is 37.7 Å². The van der Waals surface area contributed by atoms with E-state index in [4.69, 9.17) is 9.72 Å². The predicted octanol–water partition coefficient (Wildman–Crippen LogP) is 3.26. The highest BCUT2D eigenvalue weighted by atomic mass is 19.1. The Morgan fingerprint density at radius 3 is 2.73 bits per heavy atom. The molecule has 1 saturated carbocycles. The summed E-state index contributed by atoms with van der Waals surface area (Å²) in [6.45, 7) is 5.03. The molecule has 2 aromatic heterocycles. The number of fused-ring (bicyclic) bond motifs is 5. The lowest BCUT2D eigenvalue weighted by atomic mass is 9.85. The summed E-state index contributed by atoms with van der Waals surface area (Å²) < 4.78 is 21.4. The smallest absolute Gasteiger partial charge is 0.343 e. The van der Waals surface area contributed by atoms with Crippen molar-refractivity contribution in [3.8, 4) is 11.4 Å². The van der Waals surface area contributed by atoms with Crippen molar-refractivity contribution in [3.63, 3.8) is 0 Å². The fourth-order valence-electron chi connectivity index (χ4n) is 6.54. The van der Waals surface area contributed by atoms with Crippen LogP contribution in [0.2, 0.25) is 0 Å². The van der Waals surface area contributed by atoms with Crippen molar-refractivity contribution in [2.75, 3.05) is 0 Å². The number of ether oxygens (including phenoxy) is 1. The van der Waals surface area contributed by atoms with E-state index < -0.39 is 41.0 Å². The predicted molar refractivity (Wildman–Crippen MR) is 144 cm³/mol. The molecule has 0 saturated heterocycles. The number of carbonyl (C=O) groups excluding carboxylic acids is 2. The molecule has 2 aliphatic heterocycles. The molecule has 4 heterocycles. The Kier molecular flexibility index (Phi) is 6.30. The van der Waals surface area contributed by atoms with Crippen LogP contribution in [0.4, 0.5) is 4.39 Å². The van der Waals surface area contributed by atoms with E-state index in [0.29, 0.717) is 51.8 Å². The number of amides is 1. The summed E-state index contributed by atoms with van der Waals surface area (Å²) in [4.78, 5) is 44.2. The normalized spacial score (nSPS) is 24.2. The highest BCUT2D eigenvalue weighted by Gasteiger charge is 2.45. The van der Waals surface area contributed by atoms with Crippen molar-refractivity contribution >= 4 is 22.8 Å². The van der Waals surface area contributed by atoms with Crippen molar-refractivity contribution in [1.82, 2.24) is 14.9 Å². The van der Waals surface area contributed by atoms with E-state index in [-0.39, 0.29) is 36.6 Å². The number of rotatable bonds is 4. The molecule has 1 aromatic carbocycles. The zero-order valence-corrected chi connectivity index (χ0v) is 22.7. The van der Waals surface area contributed by atoms with E-state index in [2.05, 4.69) is 5.32 Å². The number of carbonyl (C=O) groups is 2. The van der Waals surface area contributed by atoms with E-state index in [1.165, 1.54) is 10.6 Å². The highest BCUT2D eigenvalue weighted by molar-refractivity contribution is 5.91. The van der Waals surface area contributed by atoms with Crippen molar-refractivity contribution in [2.24, 2.45) is 5.92 Å². The SMILES string of the molecule is CC[C@@]1(O)C(=O)OCc2c1cc1n(c2=O)Cc2c-1nc1cc(F)c(C)cc1c2[C@H](C)NC(=O)C1CCCCC1O. The van der Waals surface area contributed by atoms with Gasteiger partial charge in [0.1, 0.15) is 12.4 Å². The molecule has 210 valence electrons. The van der Waals surface area contributed by atoms with Gasteiger partial charge in [0.25, 0.3) is 5.56 Å². The molecular weight excluding hydrogens is 517 g/mol. The van der Waals surface area contributed by atoms with Crippen molar-refractivity contribution in [2.45, 2.75) is 83.8 Å². The Bertz CT molecular complexity index is 1650. The van der Waals surface area contributed by atoms with Gasteiger partial charge >= 0.3 is 5.97 Å². The number of hydrogen-bond donors (Lipinski definition) is 3. The third-order valence-corrected chi connectivity index (χ3v) is 8.87. The van der Waals surface area contributed by atoms with Crippen LogP contribution in [0.1, 0.15) is 79.8 Å². The largest absolute Gasteiger partial charge is 0.458 e. The number of aryl methyl sites for hydroxylation is 1. The molecule has 10 heteroatoms. The monoisotopic (exact) mass is 549 g/mol. The third kappa shape index (κ3) is 3.88. The summed E-state index contributed by atoms with van der Waals surface area (Å²) in [6.07, 6.45) is 2.26. The van der Waals surface area contributed by atoms with Gasteiger partial charge in [-0.05, 0) is 56.4 Å². The number of benzene rings is 1. The quantitative estimate of drug-likeness (QED) is 0.333. The first kappa shape index (κ1) is 26.6. The average molecular weight is 550 g/mol. The van der Waals surface area contributed by atoms with E-state index in [9.17, 15) is 29.0 Å². The van der Waals surface area contributed by atoms with Crippen LogP contribution < -0.4 is 10.9 Å². The summed E-state index contributed by atoms with van der Waals surface area (Å²) in [5.74, 6) is -2.00. The van der Waals surface area contributed by atoms with Gasteiger partial charge in [0.2, 0.25) is 5.91 Å². The van der Waals surface area contributed by atoms with Crippen molar-refractivity contribution < 1.29 is 28.9 Å².